The minimum atomic E-state index is 0.0759. The molecule has 0 aromatic carbocycles. The Labute approximate surface area is 120 Å². The number of halogens is 1. The molecule has 0 aliphatic carbocycles. The third kappa shape index (κ3) is 4.65. The van der Waals surface area contributed by atoms with Crippen molar-refractivity contribution in [2.45, 2.75) is 38.8 Å². The van der Waals surface area contributed by atoms with Gasteiger partial charge in [0.25, 0.3) is 0 Å². The van der Waals surface area contributed by atoms with Gasteiger partial charge in [0.1, 0.15) is 0 Å². The van der Waals surface area contributed by atoms with Gasteiger partial charge in [0.05, 0.1) is 12.2 Å². The van der Waals surface area contributed by atoms with Gasteiger partial charge in [-0.3, -0.25) is 4.90 Å². The fourth-order valence-corrected chi connectivity index (χ4v) is 3.01. The maximum atomic E-state index is 6.11. The van der Waals surface area contributed by atoms with Crippen LogP contribution in [0.5, 0.6) is 0 Å². The van der Waals surface area contributed by atoms with Gasteiger partial charge in [-0.1, -0.05) is 29.5 Å². The van der Waals surface area contributed by atoms with Crippen LogP contribution in [0.25, 0.3) is 0 Å². The van der Waals surface area contributed by atoms with Crippen LogP contribution >= 0.6 is 22.6 Å². The van der Waals surface area contributed by atoms with Gasteiger partial charge in [-0.25, -0.2) is 0 Å². The van der Waals surface area contributed by atoms with Crippen molar-refractivity contribution in [3.63, 3.8) is 0 Å². The molecule has 1 atom stereocenters. The van der Waals surface area contributed by atoms with Crippen LogP contribution in [0.1, 0.15) is 27.2 Å². The molecule has 1 aliphatic rings. The summed E-state index contributed by atoms with van der Waals surface area (Å²) in [7, 11) is 2.18. The predicted molar refractivity (Wildman–Crippen MR) is 82.1 cm³/mol. The number of rotatable bonds is 6. The quantitative estimate of drug-likeness (QED) is 0.538. The van der Waals surface area contributed by atoms with Crippen molar-refractivity contribution in [3.05, 3.63) is 0 Å². The zero-order valence-corrected chi connectivity index (χ0v) is 13.9. The van der Waals surface area contributed by atoms with Gasteiger partial charge in [-0.15, -0.1) is 0 Å². The second kappa shape index (κ2) is 7.26. The van der Waals surface area contributed by atoms with E-state index in [4.69, 9.17) is 4.74 Å². The molecular weight excluding hydrogens is 327 g/mol. The largest absolute Gasteiger partial charge is 0.371 e. The molecule has 0 N–H and O–H groups in total. The van der Waals surface area contributed by atoms with Crippen molar-refractivity contribution in [2.24, 2.45) is 0 Å². The van der Waals surface area contributed by atoms with Crippen LogP contribution < -0.4 is 0 Å². The lowest BCUT2D eigenvalue weighted by Crippen LogP contribution is -2.55. The first-order valence-corrected chi connectivity index (χ1v) is 8.18. The Morgan fingerprint density at radius 1 is 1.47 bits per heavy atom. The summed E-state index contributed by atoms with van der Waals surface area (Å²) in [6.45, 7) is 12.1. The van der Waals surface area contributed by atoms with Crippen LogP contribution in [0.4, 0.5) is 0 Å². The molecule has 0 amide bonds. The molecule has 1 saturated heterocycles. The van der Waals surface area contributed by atoms with Gasteiger partial charge < -0.3 is 9.64 Å². The topological polar surface area (TPSA) is 15.7 Å². The molecule has 0 radical (unpaired) electrons. The average Bonchev–Trinajstić information content (AvgIpc) is 2.36. The standard InChI is InChI=1S/C13H27IN2O/c1-5-15(4)7-6-13(10-14)11-16(12(2)3)8-9-17-13/h12H,5-11H2,1-4H3. The Hall–Kier alpha value is 0.610. The Morgan fingerprint density at radius 2 is 2.18 bits per heavy atom. The van der Waals surface area contributed by atoms with Crippen molar-refractivity contribution in [1.29, 1.82) is 0 Å². The Morgan fingerprint density at radius 3 is 2.71 bits per heavy atom. The SMILES string of the molecule is CCN(C)CCC1(CI)CN(C(C)C)CCO1. The van der Waals surface area contributed by atoms with Crippen LogP contribution in [-0.4, -0.2) is 65.7 Å². The summed E-state index contributed by atoms with van der Waals surface area (Å²) in [5.41, 5.74) is 0.0759. The maximum absolute atomic E-state index is 6.11. The number of alkyl halides is 1. The van der Waals surface area contributed by atoms with E-state index in [1.54, 1.807) is 0 Å². The van der Waals surface area contributed by atoms with E-state index in [0.29, 0.717) is 6.04 Å². The van der Waals surface area contributed by atoms with E-state index in [1.807, 2.05) is 0 Å². The highest BCUT2D eigenvalue weighted by molar-refractivity contribution is 14.1. The number of ether oxygens (including phenoxy) is 1. The third-order valence-electron chi connectivity index (χ3n) is 3.74. The van der Waals surface area contributed by atoms with E-state index in [9.17, 15) is 0 Å². The monoisotopic (exact) mass is 354 g/mol. The molecule has 0 spiro atoms. The van der Waals surface area contributed by atoms with Crippen molar-refractivity contribution < 1.29 is 4.74 Å². The molecule has 4 heteroatoms. The summed E-state index contributed by atoms with van der Waals surface area (Å²) < 4.78 is 7.20. The number of morpholine rings is 1. The average molecular weight is 354 g/mol. The zero-order valence-electron chi connectivity index (χ0n) is 11.7. The Balaban J connectivity index is 2.54. The molecule has 17 heavy (non-hydrogen) atoms. The minimum Gasteiger partial charge on any atom is -0.371 e. The summed E-state index contributed by atoms with van der Waals surface area (Å²) in [6, 6.07) is 0.630. The summed E-state index contributed by atoms with van der Waals surface area (Å²) >= 11 is 2.48. The van der Waals surface area contributed by atoms with E-state index in [1.165, 1.54) is 0 Å². The first kappa shape index (κ1) is 15.7. The normalized spacial score (nSPS) is 27.0. The number of nitrogens with zero attached hydrogens (tertiary/aromatic N) is 2. The smallest absolute Gasteiger partial charge is 0.0910 e. The Kier molecular flexibility index (Phi) is 6.69. The molecule has 1 fully saturated rings. The van der Waals surface area contributed by atoms with Crippen molar-refractivity contribution in [3.8, 4) is 0 Å². The molecule has 102 valence electrons. The summed E-state index contributed by atoms with van der Waals surface area (Å²) in [4.78, 5) is 4.92. The van der Waals surface area contributed by atoms with Crippen LogP contribution in [0, 0.1) is 0 Å². The lowest BCUT2D eigenvalue weighted by molar-refractivity contribution is -0.106. The van der Waals surface area contributed by atoms with Crippen molar-refractivity contribution in [2.75, 3.05) is 44.3 Å². The maximum Gasteiger partial charge on any atom is 0.0910 e. The van der Waals surface area contributed by atoms with Crippen molar-refractivity contribution >= 4 is 22.6 Å². The van der Waals surface area contributed by atoms with E-state index in [2.05, 4.69) is 60.2 Å². The molecule has 1 unspecified atom stereocenters. The van der Waals surface area contributed by atoms with Crippen LogP contribution in [0.2, 0.25) is 0 Å². The Bertz CT molecular complexity index is 225. The zero-order chi connectivity index (χ0) is 12.9. The molecular formula is C13H27IN2O. The molecule has 1 heterocycles. The molecule has 1 rings (SSSR count). The number of hydrogen-bond acceptors (Lipinski definition) is 3. The van der Waals surface area contributed by atoms with Gasteiger partial charge in [-0.2, -0.15) is 0 Å². The van der Waals surface area contributed by atoms with E-state index in [0.717, 1.165) is 43.6 Å². The number of hydrogen-bond donors (Lipinski definition) is 0. The van der Waals surface area contributed by atoms with Crippen LogP contribution in [0.3, 0.4) is 0 Å². The van der Waals surface area contributed by atoms with Crippen LogP contribution in [-0.2, 0) is 4.74 Å². The van der Waals surface area contributed by atoms with E-state index >= 15 is 0 Å². The molecule has 3 nitrogen and oxygen atoms in total. The third-order valence-corrected chi connectivity index (χ3v) is 5.13. The summed E-state index contributed by atoms with van der Waals surface area (Å²) in [5.74, 6) is 0. The molecule has 0 aromatic heterocycles. The summed E-state index contributed by atoms with van der Waals surface area (Å²) in [6.07, 6.45) is 1.14. The molecule has 0 aromatic rings. The lowest BCUT2D eigenvalue weighted by Gasteiger charge is -2.44. The minimum absolute atomic E-state index is 0.0759. The fourth-order valence-electron chi connectivity index (χ4n) is 2.17. The van der Waals surface area contributed by atoms with Crippen molar-refractivity contribution in [1.82, 2.24) is 9.80 Å². The first-order chi connectivity index (χ1) is 8.03. The van der Waals surface area contributed by atoms with Gasteiger partial charge in [0.2, 0.25) is 0 Å². The second-order valence-corrected chi connectivity index (χ2v) is 6.14. The van der Waals surface area contributed by atoms with E-state index < -0.39 is 0 Å². The van der Waals surface area contributed by atoms with Gasteiger partial charge >= 0.3 is 0 Å². The lowest BCUT2D eigenvalue weighted by atomic mass is 9.98. The van der Waals surface area contributed by atoms with Crippen LogP contribution in [0.15, 0.2) is 0 Å². The second-order valence-electron chi connectivity index (χ2n) is 5.38. The fraction of sp³-hybridized carbons (Fsp3) is 1.00. The molecule has 0 bridgehead atoms. The molecule has 0 saturated carbocycles. The predicted octanol–water partition coefficient (Wildman–Crippen LogP) is 2.24. The summed E-state index contributed by atoms with van der Waals surface area (Å²) in [5, 5.41) is 0. The van der Waals surface area contributed by atoms with Gasteiger partial charge in [0, 0.05) is 30.1 Å². The molecule has 1 aliphatic heterocycles. The highest BCUT2D eigenvalue weighted by Gasteiger charge is 2.36. The first-order valence-electron chi connectivity index (χ1n) is 6.65. The van der Waals surface area contributed by atoms with Gasteiger partial charge in [-0.05, 0) is 33.9 Å². The van der Waals surface area contributed by atoms with Gasteiger partial charge in [0.15, 0.2) is 0 Å². The van der Waals surface area contributed by atoms with E-state index in [-0.39, 0.29) is 5.60 Å². The highest BCUT2D eigenvalue weighted by Crippen LogP contribution is 2.26. The highest BCUT2D eigenvalue weighted by atomic mass is 127.